The number of nitrogens with zero attached hydrogens (tertiary/aromatic N) is 1. The summed E-state index contributed by atoms with van der Waals surface area (Å²) in [5.74, 6) is 0. The van der Waals surface area contributed by atoms with Gasteiger partial charge in [-0.25, -0.2) is 0 Å². The summed E-state index contributed by atoms with van der Waals surface area (Å²) < 4.78 is 1.41. The largest absolute Gasteiger partial charge is 0.309 e. The Kier molecular flexibility index (Phi) is 4.91. The topological polar surface area (TPSA) is 3.24 Å². The number of aryl methyl sites for hydroxylation is 1. The molecule has 0 spiro atoms. The smallest absolute Gasteiger partial charge is 0.0352 e. The summed E-state index contributed by atoms with van der Waals surface area (Å²) in [4.78, 5) is 3.80. The third-order valence-electron chi connectivity index (χ3n) is 3.99. The summed E-state index contributed by atoms with van der Waals surface area (Å²) in [6, 6.07) is 19.6. The minimum Gasteiger partial charge on any atom is -0.309 e. The van der Waals surface area contributed by atoms with Gasteiger partial charge in [-0.05, 0) is 51.5 Å². The first kappa shape index (κ1) is 15.3. The molecule has 0 fully saturated rings. The summed E-state index contributed by atoms with van der Waals surface area (Å²) in [7, 11) is 4.30. The zero-order valence-corrected chi connectivity index (χ0v) is 14.2. The standard InChI is InChI=1S/C20H23NS/c1-21(2)15-9-8-14-19-20(16-10-4-3-5-11-16)17-12-6-7-13-18(17)22-19/h3-7,10-13H,8-9,14-15H2,1-2H3. The lowest BCUT2D eigenvalue weighted by atomic mass is 10.00. The molecule has 0 N–H and O–H groups in total. The number of fused-ring (bicyclic) bond motifs is 1. The molecule has 2 aromatic carbocycles. The molecule has 2 heteroatoms. The monoisotopic (exact) mass is 309 g/mol. The zero-order chi connectivity index (χ0) is 15.4. The molecule has 114 valence electrons. The maximum absolute atomic E-state index is 2.27. The SMILES string of the molecule is CN(C)CCCCc1sc2ccccc2c1-c1ccccc1. The van der Waals surface area contributed by atoms with Crippen LogP contribution in [0, 0.1) is 0 Å². The van der Waals surface area contributed by atoms with Crippen molar-refractivity contribution >= 4 is 21.4 Å². The van der Waals surface area contributed by atoms with Gasteiger partial charge in [0.25, 0.3) is 0 Å². The van der Waals surface area contributed by atoms with E-state index in [1.807, 2.05) is 11.3 Å². The molecule has 0 bridgehead atoms. The van der Waals surface area contributed by atoms with Crippen molar-refractivity contribution in [2.24, 2.45) is 0 Å². The predicted octanol–water partition coefficient (Wildman–Crippen LogP) is 5.45. The second-order valence-electron chi connectivity index (χ2n) is 6.02. The average molecular weight is 309 g/mol. The van der Waals surface area contributed by atoms with Gasteiger partial charge in [-0.15, -0.1) is 11.3 Å². The van der Waals surface area contributed by atoms with Gasteiger partial charge >= 0.3 is 0 Å². The molecule has 0 saturated heterocycles. The molecule has 22 heavy (non-hydrogen) atoms. The molecule has 1 nitrogen and oxygen atoms in total. The Morgan fingerprint density at radius 1 is 0.864 bits per heavy atom. The van der Waals surface area contributed by atoms with Crippen LogP contribution in [-0.2, 0) is 6.42 Å². The minimum atomic E-state index is 1.17. The molecule has 0 unspecified atom stereocenters. The Labute approximate surface area is 137 Å². The molecule has 0 saturated carbocycles. The Morgan fingerprint density at radius 2 is 1.59 bits per heavy atom. The second-order valence-corrected chi connectivity index (χ2v) is 7.16. The first-order valence-electron chi connectivity index (χ1n) is 7.96. The van der Waals surface area contributed by atoms with E-state index in [1.54, 1.807) is 0 Å². The molecule has 3 aromatic rings. The second kappa shape index (κ2) is 7.08. The van der Waals surface area contributed by atoms with Crippen LogP contribution in [-0.4, -0.2) is 25.5 Å². The van der Waals surface area contributed by atoms with E-state index in [9.17, 15) is 0 Å². The lowest BCUT2D eigenvalue weighted by Gasteiger charge is -2.09. The molecule has 0 atom stereocenters. The molecular weight excluding hydrogens is 286 g/mol. The van der Waals surface area contributed by atoms with Crippen molar-refractivity contribution in [1.82, 2.24) is 4.90 Å². The molecule has 0 amide bonds. The zero-order valence-electron chi connectivity index (χ0n) is 13.4. The van der Waals surface area contributed by atoms with E-state index in [0.29, 0.717) is 0 Å². The van der Waals surface area contributed by atoms with Crippen LogP contribution in [0.25, 0.3) is 21.2 Å². The summed E-state index contributed by atoms with van der Waals surface area (Å²) in [6.07, 6.45) is 3.69. The summed E-state index contributed by atoms with van der Waals surface area (Å²) in [6.45, 7) is 1.17. The van der Waals surface area contributed by atoms with Crippen LogP contribution in [0.5, 0.6) is 0 Å². The van der Waals surface area contributed by atoms with Crippen molar-refractivity contribution < 1.29 is 0 Å². The van der Waals surface area contributed by atoms with Crippen LogP contribution in [0.1, 0.15) is 17.7 Å². The van der Waals surface area contributed by atoms with E-state index < -0.39 is 0 Å². The Bertz CT molecular complexity index is 728. The van der Waals surface area contributed by atoms with Crippen LogP contribution in [0.4, 0.5) is 0 Å². The van der Waals surface area contributed by atoms with Gasteiger partial charge < -0.3 is 4.90 Å². The van der Waals surface area contributed by atoms with E-state index in [0.717, 1.165) is 0 Å². The van der Waals surface area contributed by atoms with Crippen molar-refractivity contribution in [3.8, 4) is 11.1 Å². The fourth-order valence-electron chi connectivity index (χ4n) is 2.91. The summed E-state index contributed by atoms with van der Waals surface area (Å²) >= 11 is 1.96. The van der Waals surface area contributed by atoms with Crippen molar-refractivity contribution in [3.05, 3.63) is 59.5 Å². The minimum absolute atomic E-state index is 1.17. The quantitative estimate of drug-likeness (QED) is 0.547. The molecule has 0 aliphatic carbocycles. The molecule has 0 aliphatic rings. The van der Waals surface area contributed by atoms with Crippen molar-refractivity contribution in [3.63, 3.8) is 0 Å². The molecule has 1 aromatic heterocycles. The van der Waals surface area contributed by atoms with Gasteiger partial charge in [0.05, 0.1) is 0 Å². The fourth-order valence-corrected chi connectivity index (χ4v) is 4.18. The Hall–Kier alpha value is -1.64. The number of unbranched alkanes of at least 4 members (excludes halogenated alkanes) is 1. The fraction of sp³-hybridized carbons (Fsp3) is 0.300. The van der Waals surface area contributed by atoms with Gasteiger partial charge in [0, 0.05) is 20.5 Å². The van der Waals surface area contributed by atoms with E-state index in [2.05, 4.69) is 73.6 Å². The highest BCUT2D eigenvalue weighted by molar-refractivity contribution is 7.19. The number of hydrogen-bond acceptors (Lipinski definition) is 2. The van der Waals surface area contributed by atoms with E-state index in [1.165, 1.54) is 51.9 Å². The van der Waals surface area contributed by atoms with Crippen LogP contribution in [0.2, 0.25) is 0 Å². The highest BCUT2D eigenvalue weighted by Crippen LogP contribution is 2.39. The Balaban J connectivity index is 1.92. The summed E-state index contributed by atoms with van der Waals surface area (Å²) in [5, 5.41) is 1.40. The van der Waals surface area contributed by atoms with Crippen LogP contribution in [0.15, 0.2) is 54.6 Å². The lowest BCUT2D eigenvalue weighted by molar-refractivity contribution is 0.395. The third kappa shape index (κ3) is 3.40. The first-order valence-corrected chi connectivity index (χ1v) is 8.78. The number of benzene rings is 2. The maximum Gasteiger partial charge on any atom is 0.0352 e. The third-order valence-corrected chi connectivity index (χ3v) is 5.22. The number of rotatable bonds is 6. The van der Waals surface area contributed by atoms with Gasteiger partial charge in [-0.3, -0.25) is 0 Å². The number of hydrogen-bond donors (Lipinski definition) is 0. The predicted molar refractivity (Wildman–Crippen MR) is 98.8 cm³/mol. The van der Waals surface area contributed by atoms with E-state index >= 15 is 0 Å². The first-order chi connectivity index (χ1) is 10.8. The normalized spacial score (nSPS) is 11.4. The van der Waals surface area contributed by atoms with E-state index in [-0.39, 0.29) is 0 Å². The maximum atomic E-state index is 2.27. The average Bonchev–Trinajstić information content (AvgIpc) is 2.90. The van der Waals surface area contributed by atoms with Gasteiger partial charge in [-0.1, -0.05) is 48.5 Å². The Morgan fingerprint density at radius 3 is 2.36 bits per heavy atom. The highest BCUT2D eigenvalue weighted by atomic mass is 32.1. The van der Waals surface area contributed by atoms with Crippen LogP contribution in [0.3, 0.4) is 0 Å². The van der Waals surface area contributed by atoms with Gasteiger partial charge in [0.1, 0.15) is 0 Å². The van der Waals surface area contributed by atoms with Crippen molar-refractivity contribution in [2.75, 3.05) is 20.6 Å². The van der Waals surface area contributed by atoms with Crippen LogP contribution < -0.4 is 0 Å². The van der Waals surface area contributed by atoms with E-state index in [4.69, 9.17) is 0 Å². The van der Waals surface area contributed by atoms with Gasteiger partial charge in [-0.2, -0.15) is 0 Å². The molecule has 0 aliphatic heterocycles. The molecule has 0 radical (unpaired) electrons. The van der Waals surface area contributed by atoms with Gasteiger partial charge in [0.2, 0.25) is 0 Å². The molecule has 1 heterocycles. The highest BCUT2D eigenvalue weighted by Gasteiger charge is 2.13. The number of thiophene rings is 1. The molecular formula is C20H23NS. The van der Waals surface area contributed by atoms with Crippen LogP contribution >= 0.6 is 11.3 Å². The van der Waals surface area contributed by atoms with Crippen molar-refractivity contribution in [1.29, 1.82) is 0 Å². The van der Waals surface area contributed by atoms with Gasteiger partial charge in [0.15, 0.2) is 0 Å². The lowest BCUT2D eigenvalue weighted by Crippen LogP contribution is -2.12. The summed E-state index contributed by atoms with van der Waals surface area (Å²) in [5.41, 5.74) is 2.80. The van der Waals surface area contributed by atoms with Crippen molar-refractivity contribution in [2.45, 2.75) is 19.3 Å². The molecule has 3 rings (SSSR count).